The molecule has 11 aromatic carbocycles. The number of benzene rings is 11. The molecule has 1 nitrogen and oxygen atoms in total. The van der Waals surface area contributed by atoms with Crippen molar-refractivity contribution in [1.82, 2.24) is 0 Å². The van der Waals surface area contributed by atoms with E-state index in [2.05, 4.69) is 241 Å². The van der Waals surface area contributed by atoms with E-state index in [1.807, 2.05) is 0 Å². The van der Waals surface area contributed by atoms with Crippen LogP contribution in [-0.2, 0) is 0 Å². The molecule has 11 rings (SSSR count). The molecule has 0 unspecified atom stereocenters. The Labute approximate surface area is 344 Å². The maximum absolute atomic E-state index is 2.40. The largest absolute Gasteiger partial charge is 0.310 e. The fraction of sp³-hybridized carbons (Fsp3) is 0. The van der Waals surface area contributed by atoms with E-state index in [4.69, 9.17) is 0 Å². The quantitative estimate of drug-likeness (QED) is 0.147. The Kier molecular flexibility index (Phi) is 8.56. The molecule has 0 amide bonds. The first-order valence-electron chi connectivity index (χ1n) is 20.3. The van der Waals surface area contributed by atoms with E-state index in [9.17, 15) is 0 Å². The Morgan fingerprint density at radius 3 is 1.44 bits per heavy atom. The minimum atomic E-state index is 1.09. The second kappa shape index (κ2) is 14.6. The fourth-order valence-electron chi connectivity index (χ4n) is 8.90. The highest BCUT2D eigenvalue weighted by Gasteiger charge is 2.19. The normalized spacial score (nSPS) is 11.4. The van der Waals surface area contributed by atoms with Crippen molar-refractivity contribution in [1.29, 1.82) is 0 Å². The standard InChI is InChI=1S/C58H39N/c1-2-13-42(14-3-1)52-17-8-9-18-53(52)44-32-36-51(37-33-44)59(57-21-11-10-19-54(57)49-29-22-40-12-4-5-16-47(40)38-49)50-34-30-41(31-35-50)48-28-25-45-24-27-46-26-23-43-15-6-7-20-55(43)58(46)56(45)39-48/h1-39H. The molecular formula is C58H39N. The van der Waals surface area contributed by atoms with Crippen molar-refractivity contribution in [3.8, 4) is 44.5 Å². The third-order valence-corrected chi connectivity index (χ3v) is 11.8. The summed E-state index contributed by atoms with van der Waals surface area (Å²) in [5.41, 5.74) is 12.9. The zero-order valence-electron chi connectivity index (χ0n) is 32.5. The number of rotatable bonds is 7. The van der Waals surface area contributed by atoms with Crippen LogP contribution in [0.15, 0.2) is 237 Å². The first kappa shape index (κ1) is 34.5. The zero-order chi connectivity index (χ0) is 39.1. The van der Waals surface area contributed by atoms with Gasteiger partial charge >= 0.3 is 0 Å². The van der Waals surface area contributed by atoms with Gasteiger partial charge in [-0.1, -0.05) is 194 Å². The van der Waals surface area contributed by atoms with Gasteiger partial charge in [-0.05, 0) is 124 Å². The third kappa shape index (κ3) is 6.30. The lowest BCUT2D eigenvalue weighted by Gasteiger charge is -2.28. The van der Waals surface area contributed by atoms with Gasteiger partial charge in [0.1, 0.15) is 0 Å². The molecule has 0 aliphatic carbocycles. The molecule has 0 aromatic heterocycles. The van der Waals surface area contributed by atoms with Crippen LogP contribution >= 0.6 is 0 Å². The molecule has 0 N–H and O–H groups in total. The van der Waals surface area contributed by atoms with E-state index >= 15 is 0 Å². The molecule has 0 saturated carbocycles. The molecule has 0 bridgehead atoms. The van der Waals surface area contributed by atoms with Crippen LogP contribution in [0.3, 0.4) is 0 Å². The second-order valence-electron chi connectivity index (χ2n) is 15.3. The Morgan fingerprint density at radius 1 is 0.237 bits per heavy atom. The van der Waals surface area contributed by atoms with Gasteiger partial charge in [0, 0.05) is 16.9 Å². The fourth-order valence-corrected chi connectivity index (χ4v) is 8.90. The van der Waals surface area contributed by atoms with Crippen molar-refractivity contribution in [3.05, 3.63) is 237 Å². The smallest absolute Gasteiger partial charge is 0.0540 e. The molecule has 0 radical (unpaired) electrons. The summed E-state index contributed by atoms with van der Waals surface area (Å²) in [7, 11) is 0. The maximum atomic E-state index is 2.40. The summed E-state index contributed by atoms with van der Waals surface area (Å²) in [5, 5.41) is 10.1. The van der Waals surface area contributed by atoms with E-state index in [1.165, 1.54) is 87.6 Å². The summed E-state index contributed by atoms with van der Waals surface area (Å²) in [6.07, 6.45) is 0. The van der Waals surface area contributed by atoms with Crippen LogP contribution in [0, 0.1) is 0 Å². The summed E-state index contributed by atoms with van der Waals surface area (Å²) < 4.78 is 0. The van der Waals surface area contributed by atoms with Crippen LogP contribution in [-0.4, -0.2) is 0 Å². The van der Waals surface area contributed by atoms with Crippen molar-refractivity contribution in [2.45, 2.75) is 0 Å². The van der Waals surface area contributed by atoms with E-state index < -0.39 is 0 Å². The molecule has 276 valence electrons. The van der Waals surface area contributed by atoms with Gasteiger partial charge in [-0.2, -0.15) is 0 Å². The van der Waals surface area contributed by atoms with Gasteiger partial charge in [0.2, 0.25) is 0 Å². The number of anilines is 3. The number of hydrogen-bond acceptors (Lipinski definition) is 1. The Hall–Kier alpha value is -7.74. The number of nitrogens with zero attached hydrogens (tertiary/aromatic N) is 1. The van der Waals surface area contributed by atoms with Gasteiger partial charge in [-0.25, -0.2) is 0 Å². The summed E-state index contributed by atoms with van der Waals surface area (Å²) in [6.45, 7) is 0. The first-order valence-corrected chi connectivity index (χ1v) is 20.3. The maximum Gasteiger partial charge on any atom is 0.0540 e. The average molecular weight is 750 g/mol. The molecule has 0 saturated heterocycles. The predicted molar refractivity (Wildman–Crippen MR) is 253 cm³/mol. The van der Waals surface area contributed by atoms with Crippen molar-refractivity contribution < 1.29 is 0 Å². The van der Waals surface area contributed by atoms with Gasteiger partial charge in [-0.15, -0.1) is 0 Å². The lowest BCUT2D eigenvalue weighted by atomic mass is 9.93. The lowest BCUT2D eigenvalue weighted by molar-refractivity contribution is 1.28. The van der Waals surface area contributed by atoms with E-state index in [0.29, 0.717) is 0 Å². The molecule has 11 aromatic rings. The van der Waals surface area contributed by atoms with E-state index in [-0.39, 0.29) is 0 Å². The molecule has 0 aliphatic rings. The summed E-state index contributed by atoms with van der Waals surface area (Å²) in [4.78, 5) is 2.40. The molecule has 1 heteroatoms. The Bertz CT molecular complexity index is 3300. The molecule has 0 heterocycles. The van der Waals surface area contributed by atoms with E-state index in [1.54, 1.807) is 0 Å². The number of para-hydroxylation sites is 1. The highest BCUT2D eigenvalue weighted by Crippen LogP contribution is 2.43. The van der Waals surface area contributed by atoms with Crippen LogP contribution in [0.1, 0.15) is 0 Å². The highest BCUT2D eigenvalue weighted by molar-refractivity contribution is 6.20. The van der Waals surface area contributed by atoms with Gasteiger partial charge < -0.3 is 4.90 Å². The molecular weight excluding hydrogens is 711 g/mol. The van der Waals surface area contributed by atoms with Crippen molar-refractivity contribution in [2.24, 2.45) is 0 Å². The third-order valence-electron chi connectivity index (χ3n) is 11.8. The van der Waals surface area contributed by atoms with Crippen LogP contribution < -0.4 is 4.90 Å². The first-order chi connectivity index (χ1) is 29.2. The molecule has 0 fully saturated rings. The van der Waals surface area contributed by atoms with Gasteiger partial charge in [0.25, 0.3) is 0 Å². The summed E-state index contributed by atoms with van der Waals surface area (Å²) in [5.74, 6) is 0. The average Bonchev–Trinajstić information content (AvgIpc) is 3.32. The molecule has 0 atom stereocenters. The van der Waals surface area contributed by atoms with Crippen LogP contribution in [0.4, 0.5) is 17.1 Å². The minimum Gasteiger partial charge on any atom is -0.310 e. The summed E-state index contributed by atoms with van der Waals surface area (Å²) >= 11 is 0. The van der Waals surface area contributed by atoms with Crippen molar-refractivity contribution in [3.63, 3.8) is 0 Å². The van der Waals surface area contributed by atoms with Crippen molar-refractivity contribution >= 4 is 60.2 Å². The van der Waals surface area contributed by atoms with Crippen molar-refractivity contribution in [2.75, 3.05) is 4.90 Å². The number of hydrogen-bond donors (Lipinski definition) is 0. The second-order valence-corrected chi connectivity index (χ2v) is 15.3. The topological polar surface area (TPSA) is 3.24 Å². The molecule has 0 aliphatic heterocycles. The van der Waals surface area contributed by atoms with Crippen LogP contribution in [0.5, 0.6) is 0 Å². The number of fused-ring (bicyclic) bond motifs is 6. The van der Waals surface area contributed by atoms with Gasteiger partial charge in [-0.3, -0.25) is 0 Å². The minimum absolute atomic E-state index is 1.09. The molecule has 59 heavy (non-hydrogen) atoms. The predicted octanol–water partition coefficient (Wildman–Crippen LogP) is 16.4. The molecule has 0 spiro atoms. The Balaban J connectivity index is 1.03. The van der Waals surface area contributed by atoms with Gasteiger partial charge in [0.05, 0.1) is 5.69 Å². The van der Waals surface area contributed by atoms with Gasteiger partial charge in [0.15, 0.2) is 0 Å². The Morgan fingerprint density at radius 2 is 0.712 bits per heavy atom. The van der Waals surface area contributed by atoms with Crippen LogP contribution in [0.2, 0.25) is 0 Å². The highest BCUT2D eigenvalue weighted by atomic mass is 15.1. The SMILES string of the molecule is c1ccc(-c2ccccc2-c2ccc(N(c3ccc(-c4ccc5ccc6ccc7ccccc7c6c5c4)cc3)c3ccccc3-c3ccc4ccccc4c3)cc2)cc1. The zero-order valence-corrected chi connectivity index (χ0v) is 32.5. The summed E-state index contributed by atoms with van der Waals surface area (Å²) in [6, 6.07) is 86.2. The van der Waals surface area contributed by atoms with E-state index in [0.717, 1.165) is 17.1 Å². The van der Waals surface area contributed by atoms with Crippen LogP contribution in [0.25, 0.3) is 87.6 Å². The monoisotopic (exact) mass is 749 g/mol. The lowest BCUT2D eigenvalue weighted by Crippen LogP contribution is -2.11.